The molecule has 1 aromatic heterocycles. The molecule has 0 aliphatic carbocycles. The highest BCUT2D eigenvalue weighted by Gasteiger charge is 2.14. The molecular formula is C13H20N4O2. The van der Waals surface area contributed by atoms with Crippen LogP contribution in [0, 0.1) is 0 Å². The van der Waals surface area contributed by atoms with Gasteiger partial charge < -0.3 is 16.4 Å². The number of hydrogen-bond donors (Lipinski definition) is 3. The number of carbonyl (C=O) groups is 2. The first-order valence-electron chi connectivity index (χ1n) is 6.10. The van der Waals surface area contributed by atoms with Gasteiger partial charge in [-0.25, -0.2) is 4.98 Å². The number of carbonyl (C=O) groups excluding carboxylic acids is 2. The number of rotatable bonds is 4. The van der Waals surface area contributed by atoms with Gasteiger partial charge in [0.25, 0.3) is 5.91 Å². The van der Waals surface area contributed by atoms with E-state index in [0.717, 1.165) is 0 Å². The Hall–Kier alpha value is -2.11. The van der Waals surface area contributed by atoms with Gasteiger partial charge in [-0.2, -0.15) is 0 Å². The molecule has 0 atom stereocenters. The maximum absolute atomic E-state index is 11.7. The first-order chi connectivity index (χ1) is 8.78. The summed E-state index contributed by atoms with van der Waals surface area (Å²) in [7, 11) is 0. The Bertz CT molecular complexity index is 466. The molecule has 0 radical (unpaired) electrons. The fourth-order valence-electron chi connectivity index (χ4n) is 1.44. The van der Waals surface area contributed by atoms with E-state index in [1.54, 1.807) is 18.2 Å². The predicted molar refractivity (Wildman–Crippen MR) is 73.5 cm³/mol. The third kappa shape index (κ3) is 5.85. The molecule has 0 aromatic carbocycles. The number of pyridine rings is 1. The molecule has 104 valence electrons. The van der Waals surface area contributed by atoms with E-state index in [2.05, 4.69) is 15.6 Å². The molecule has 0 bridgehead atoms. The van der Waals surface area contributed by atoms with Crippen molar-refractivity contribution in [2.24, 2.45) is 0 Å². The number of aromatic nitrogens is 1. The zero-order chi connectivity index (χ0) is 14.5. The third-order valence-electron chi connectivity index (χ3n) is 2.16. The van der Waals surface area contributed by atoms with Crippen LogP contribution in [-0.4, -0.2) is 28.9 Å². The second-order valence-corrected chi connectivity index (χ2v) is 5.25. The molecule has 0 spiro atoms. The van der Waals surface area contributed by atoms with Crippen LogP contribution in [0.15, 0.2) is 18.2 Å². The summed E-state index contributed by atoms with van der Waals surface area (Å²) < 4.78 is 0. The van der Waals surface area contributed by atoms with Crippen molar-refractivity contribution in [3.8, 4) is 0 Å². The monoisotopic (exact) mass is 264 g/mol. The lowest BCUT2D eigenvalue weighted by Gasteiger charge is -2.20. The lowest BCUT2D eigenvalue weighted by atomic mass is 10.1. The summed E-state index contributed by atoms with van der Waals surface area (Å²) in [5, 5.41) is 5.44. The van der Waals surface area contributed by atoms with Crippen molar-refractivity contribution in [2.75, 3.05) is 12.3 Å². The van der Waals surface area contributed by atoms with Crippen LogP contribution in [0.3, 0.4) is 0 Å². The topological polar surface area (TPSA) is 97.1 Å². The number of nitrogens with two attached hydrogens (primary N) is 1. The van der Waals surface area contributed by atoms with E-state index in [1.165, 1.54) is 0 Å². The van der Waals surface area contributed by atoms with Gasteiger partial charge in [0, 0.05) is 18.5 Å². The van der Waals surface area contributed by atoms with Crippen molar-refractivity contribution >= 4 is 17.6 Å². The van der Waals surface area contributed by atoms with Gasteiger partial charge in [-0.05, 0) is 32.9 Å². The summed E-state index contributed by atoms with van der Waals surface area (Å²) >= 11 is 0. The number of nitrogens with zero attached hydrogens (tertiary/aromatic N) is 1. The number of hydrogen-bond acceptors (Lipinski definition) is 4. The van der Waals surface area contributed by atoms with Crippen molar-refractivity contribution in [2.45, 2.75) is 32.7 Å². The Kier molecular flexibility index (Phi) is 4.86. The van der Waals surface area contributed by atoms with Gasteiger partial charge in [-0.3, -0.25) is 9.59 Å². The Morgan fingerprint density at radius 2 is 2.00 bits per heavy atom. The maximum atomic E-state index is 11.7. The first kappa shape index (κ1) is 14.9. The van der Waals surface area contributed by atoms with Crippen LogP contribution in [0.1, 0.15) is 37.7 Å². The Morgan fingerprint density at radius 3 is 2.58 bits per heavy atom. The minimum atomic E-state index is -0.337. The highest BCUT2D eigenvalue weighted by molar-refractivity contribution is 5.92. The second-order valence-electron chi connectivity index (χ2n) is 5.25. The summed E-state index contributed by atoms with van der Waals surface area (Å²) in [6.45, 7) is 5.97. The zero-order valence-electron chi connectivity index (χ0n) is 11.5. The standard InChI is InChI=1S/C13H20N4O2/c1-13(2,3)17-11(18)7-8-15-12(19)9-5-4-6-10(14)16-9/h4-6H,7-8H2,1-3H3,(H2,14,16)(H,15,19)(H,17,18). The normalized spacial score (nSPS) is 10.9. The lowest BCUT2D eigenvalue weighted by Crippen LogP contribution is -2.42. The summed E-state index contributed by atoms with van der Waals surface area (Å²) in [6.07, 6.45) is 0.228. The van der Waals surface area contributed by atoms with Crippen LogP contribution in [0.2, 0.25) is 0 Å². The van der Waals surface area contributed by atoms with Gasteiger partial charge >= 0.3 is 0 Å². The van der Waals surface area contributed by atoms with Crippen molar-refractivity contribution in [1.82, 2.24) is 15.6 Å². The minimum absolute atomic E-state index is 0.103. The van der Waals surface area contributed by atoms with E-state index in [-0.39, 0.29) is 41.8 Å². The quantitative estimate of drug-likeness (QED) is 0.745. The van der Waals surface area contributed by atoms with Gasteiger partial charge in [0.2, 0.25) is 5.91 Å². The van der Waals surface area contributed by atoms with E-state index >= 15 is 0 Å². The molecule has 0 aliphatic rings. The van der Waals surface area contributed by atoms with Gasteiger partial charge in [-0.15, -0.1) is 0 Å². The molecule has 1 aromatic rings. The number of amides is 2. The van der Waals surface area contributed by atoms with Crippen LogP contribution < -0.4 is 16.4 Å². The molecule has 1 rings (SSSR count). The summed E-state index contributed by atoms with van der Waals surface area (Å²) in [5.41, 5.74) is 5.47. The molecule has 2 amide bonds. The molecule has 4 N–H and O–H groups in total. The molecule has 0 saturated carbocycles. The summed E-state index contributed by atoms with van der Waals surface area (Å²) in [4.78, 5) is 27.1. The highest BCUT2D eigenvalue weighted by atomic mass is 16.2. The summed E-state index contributed by atoms with van der Waals surface area (Å²) in [5.74, 6) is -0.151. The first-order valence-corrected chi connectivity index (χ1v) is 6.10. The number of anilines is 1. The Morgan fingerprint density at radius 1 is 1.32 bits per heavy atom. The molecule has 1 heterocycles. The molecule has 0 saturated heterocycles. The van der Waals surface area contributed by atoms with Crippen LogP contribution in [0.4, 0.5) is 5.82 Å². The predicted octanol–water partition coefficient (Wildman–Crippen LogP) is 0.698. The van der Waals surface area contributed by atoms with Crippen LogP contribution in [0.25, 0.3) is 0 Å². The number of nitrogen functional groups attached to an aromatic ring is 1. The van der Waals surface area contributed by atoms with Crippen molar-refractivity contribution in [3.05, 3.63) is 23.9 Å². The van der Waals surface area contributed by atoms with E-state index in [4.69, 9.17) is 5.73 Å². The lowest BCUT2D eigenvalue weighted by molar-refractivity contribution is -0.122. The van der Waals surface area contributed by atoms with Crippen LogP contribution in [-0.2, 0) is 4.79 Å². The SMILES string of the molecule is CC(C)(C)NC(=O)CCNC(=O)c1cccc(N)n1. The molecular weight excluding hydrogens is 244 g/mol. The molecule has 19 heavy (non-hydrogen) atoms. The minimum Gasteiger partial charge on any atom is -0.384 e. The molecule has 6 nitrogen and oxygen atoms in total. The average molecular weight is 264 g/mol. The molecule has 6 heteroatoms. The third-order valence-corrected chi connectivity index (χ3v) is 2.16. The number of nitrogens with one attached hydrogen (secondary N) is 2. The van der Waals surface area contributed by atoms with Crippen molar-refractivity contribution in [1.29, 1.82) is 0 Å². The molecule has 0 aliphatic heterocycles. The average Bonchev–Trinajstić information content (AvgIpc) is 2.26. The smallest absolute Gasteiger partial charge is 0.269 e. The van der Waals surface area contributed by atoms with E-state index in [0.29, 0.717) is 0 Å². The van der Waals surface area contributed by atoms with Crippen LogP contribution in [0.5, 0.6) is 0 Å². The highest BCUT2D eigenvalue weighted by Crippen LogP contribution is 2.01. The van der Waals surface area contributed by atoms with E-state index in [1.807, 2.05) is 20.8 Å². The van der Waals surface area contributed by atoms with Crippen molar-refractivity contribution < 1.29 is 9.59 Å². The zero-order valence-corrected chi connectivity index (χ0v) is 11.5. The Labute approximate surface area is 112 Å². The van der Waals surface area contributed by atoms with Crippen molar-refractivity contribution in [3.63, 3.8) is 0 Å². The Balaban J connectivity index is 2.37. The van der Waals surface area contributed by atoms with Gasteiger partial charge in [0.15, 0.2) is 0 Å². The molecule has 0 unspecified atom stereocenters. The van der Waals surface area contributed by atoms with Gasteiger partial charge in [0.05, 0.1) is 0 Å². The fourth-order valence-corrected chi connectivity index (χ4v) is 1.44. The van der Waals surface area contributed by atoms with Crippen LogP contribution >= 0.6 is 0 Å². The largest absolute Gasteiger partial charge is 0.384 e. The van der Waals surface area contributed by atoms with E-state index in [9.17, 15) is 9.59 Å². The maximum Gasteiger partial charge on any atom is 0.269 e. The van der Waals surface area contributed by atoms with Gasteiger partial charge in [0.1, 0.15) is 11.5 Å². The van der Waals surface area contributed by atoms with Gasteiger partial charge in [-0.1, -0.05) is 6.07 Å². The fraction of sp³-hybridized carbons (Fsp3) is 0.462. The molecule has 0 fully saturated rings. The summed E-state index contributed by atoms with van der Waals surface area (Å²) in [6, 6.07) is 4.83. The van der Waals surface area contributed by atoms with E-state index < -0.39 is 0 Å². The second kappa shape index (κ2) is 6.17.